The molecular formula is C15H26IN3OS2. The molecule has 126 valence electrons. The van der Waals surface area contributed by atoms with Gasteiger partial charge in [-0.05, 0) is 43.0 Å². The molecule has 2 N–H and O–H groups in total. The van der Waals surface area contributed by atoms with E-state index >= 15 is 0 Å². The molecule has 0 spiro atoms. The molecule has 1 saturated heterocycles. The van der Waals surface area contributed by atoms with Crippen molar-refractivity contribution in [2.75, 3.05) is 33.1 Å². The normalized spacial score (nSPS) is 17.7. The standard InChI is InChI=1S/C15H25N3OS2.HI/c1-12-4-9-21-13(12)10-17-14(16-2)18-11-15(20-3)5-7-19-8-6-15;/h4,9H,5-8,10-11H2,1-3H3,(H2,16,17,18);1H. The van der Waals surface area contributed by atoms with E-state index in [9.17, 15) is 0 Å². The fraction of sp³-hybridized carbons (Fsp3) is 0.667. The molecule has 0 radical (unpaired) electrons. The number of thioether (sulfide) groups is 1. The maximum Gasteiger partial charge on any atom is 0.191 e. The predicted molar refractivity (Wildman–Crippen MR) is 109 cm³/mol. The van der Waals surface area contributed by atoms with Crippen molar-refractivity contribution in [3.8, 4) is 0 Å². The van der Waals surface area contributed by atoms with Gasteiger partial charge >= 0.3 is 0 Å². The van der Waals surface area contributed by atoms with E-state index in [1.54, 1.807) is 11.3 Å². The van der Waals surface area contributed by atoms with Crippen molar-refractivity contribution in [3.63, 3.8) is 0 Å². The number of hydrogen-bond donors (Lipinski definition) is 2. The van der Waals surface area contributed by atoms with E-state index in [0.29, 0.717) is 0 Å². The van der Waals surface area contributed by atoms with Crippen molar-refractivity contribution >= 4 is 53.0 Å². The van der Waals surface area contributed by atoms with Crippen LogP contribution in [0.25, 0.3) is 0 Å². The summed E-state index contributed by atoms with van der Waals surface area (Å²) < 4.78 is 5.76. The zero-order valence-corrected chi connectivity index (χ0v) is 17.4. The lowest BCUT2D eigenvalue weighted by Crippen LogP contribution is -2.47. The fourth-order valence-corrected chi connectivity index (χ4v) is 4.05. The van der Waals surface area contributed by atoms with E-state index in [1.807, 2.05) is 18.8 Å². The number of nitrogens with zero attached hydrogens (tertiary/aromatic N) is 1. The maximum absolute atomic E-state index is 5.48. The van der Waals surface area contributed by atoms with Crippen LogP contribution < -0.4 is 10.6 Å². The van der Waals surface area contributed by atoms with E-state index in [2.05, 4.69) is 40.3 Å². The highest BCUT2D eigenvalue weighted by molar-refractivity contribution is 14.0. The number of aryl methyl sites for hydroxylation is 1. The van der Waals surface area contributed by atoms with Gasteiger partial charge in [-0.25, -0.2) is 0 Å². The molecule has 1 fully saturated rings. The summed E-state index contributed by atoms with van der Waals surface area (Å²) in [5, 5.41) is 9.01. The first-order valence-electron chi connectivity index (χ1n) is 7.29. The van der Waals surface area contributed by atoms with Gasteiger partial charge in [-0.3, -0.25) is 4.99 Å². The highest BCUT2D eigenvalue weighted by Crippen LogP contribution is 2.32. The van der Waals surface area contributed by atoms with Crippen molar-refractivity contribution in [2.24, 2.45) is 4.99 Å². The molecule has 7 heteroatoms. The number of nitrogens with one attached hydrogen (secondary N) is 2. The maximum atomic E-state index is 5.48. The molecule has 0 aromatic carbocycles. The minimum Gasteiger partial charge on any atom is -0.381 e. The van der Waals surface area contributed by atoms with E-state index in [4.69, 9.17) is 4.74 Å². The lowest BCUT2D eigenvalue weighted by molar-refractivity contribution is 0.0783. The summed E-state index contributed by atoms with van der Waals surface area (Å²) in [6.45, 7) is 5.64. The minimum atomic E-state index is 0. The molecule has 2 heterocycles. The minimum absolute atomic E-state index is 0. The number of ether oxygens (including phenoxy) is 1. The lowest BCUT2D eigenvalue weighted by Gasteiger charge is -2.36. The van der Waals surface area contributed by atoms with Crippen molar-refractivity contribution in [3.05, 3.63) is 21.9 Å². The Labute approximate surface area is 158 Å². The average Bonchev–Trinajstić information content (AvgIpc) is 2.94. The molecule has 0 aliphatic carbocycles. The topological polar surface area (TPSA) is 45.7 Å². The van der Waals surface area contributed by atoms with Crippen molar-refractivity contribution in [1.29, 1.82) is 0 Å². The molecule has 4 nitrogen and oxygen atoms in total. The third-order valence-electron chi connectivity index (χ3n) is 4.02. The quantitative estimate of drug-likeness (QED) is 0.407. The predicted octanol–water partition coefficient (Wildman–Crippen LogP) is 3.25. The summed E-state index contributed by atoms with van der Waals surface area (Å²) in [4.78, 5) is 5.69. The third-order valence-corrected chi connectivity index (χ3v) is 6.46. The lowest BCUT2D eigenvalue weighted by atomic mass is 9.99. The van der Waals surface area contributed by atoms with Gasteiger partial charge in [0.2, 0.25) is 0 Å². The number of thiophene rings is 1. The van der Waals surface area contributed by atoms with Crippen molar-refractivity contribution < 1.29 is 4.74 Å². The van der Waals surface area contributed by atoms with Crippen LogP contribution in [-0.2, 0) is 11.3 Å². The highest BCUT2D eigenvalue weighted by atomic mass is 127. The second kappa shape index (κ2) is 10.00. The van der Waals surface area contributed by atoms with Crippen LogP contribution in [0.15, 0.2) is 16.4 Å². The largest absolute Gasteiger partial charge is 0.381 e. The highest BCUT2D eigenvalue weighted by Gasteiger charge is 2.31. The van der Waals surface area contributed by atoms with Crippen LogP contribution in [0.2, 0.25) is 0 Å². The van der Waals surface area contributed by atoms with Crippen LogP contribution >= 0.6 is 47.1 Å². The Morgan fingerprint density at radius 1 is 1.41 bits per heavy atom. The summed E-state index contributed by atoms with van der Waals surface area (Å²) in [5.41, 5.74) is 1.34. The molecular weight excluding hydrogens is 429 g/mol. The number of halogens is 1. The fourth-order valence-electron chi connectivity index (χ4n) is 2.41. The first-order chi connectivity index (χ1) is 10.2. The van der Waals surface area contributed by atoms with E-state index in [1.165, 1.54) is 10.4 Å². The van der Waals surface area contributed by atoms with Gasteiger partial charge < -0.3 is 15.4 Å². The van der Waals surface area contributed by atoms with Crippen LogP contribution in [0.1, 0.15) is 23.3 Å². The van der Waals surface area contributed by atoms with Crippen LogP contribution in [0.5, 0.6) is 0 Å². The van der Waals surface area contributed by atoms with Gasteiger partial charge in [-0.15, -0.1) is 35.3 Å². The van der Waals surface area contributed by atoms with Gasteiger partial charge in [0.15, 0.2) is 5.96 Å². The van der Waals surface area contributed by atoms with Crippen LogP contribution in [-0.4, -0.2) is 43.8 Å². The van der Waals surface area contributed by atoms with Crippen LogP contribution in [0.3, 0.4) is 0 Å². The number of guanidine groups is 1. The number of aliphatic imine (C=N–C) groups is 1. The molecule has 0 atom stereocenters. The molecule has 22 heavy (non-hydrogen) atoms. The second-order valence-corrected chi connectivity index (χ2v) is 7.58. The number of rotatable bonds is 5. The van der Waals surface area contributed by atoms with Crippen LogP contribution in [0, 0.1) is 6.92 Å². The summed E-state index contributed by atoms with van der Waals surface area (Å²) >= 11 is 3.73. The molecule has 0 amide bonds. The van der Waals surface area contributed by atoms with Gasteiger partial charge in [0, 0.05) is 36.4 Å². The first-order valence-corrected chi connectivity index (χ1v) is 9.40. The van der Waals surface area contributed by atoms with Crippen molar-refractivity contribution in [2.45, 2.75) is 31.1 Å². The summed E-state index contributed by atoms with van der Waals surface area (Å²) in [7, 11) is 1.83. The van der Waals surface area contributed by atoms with Crippen molar-refractivity contribution in [1.82, 2.24) is 10.6 Å². The Bertz CT molecular complexity index is 473. The van der Waals surface area contributed by atoms with Gasteiger partial charge in [0.25, 0.3) is 0 Å². The molecule has 0 bridgehead atoms. The Morgan fingerprint density at radius 3 is 2.68 bits per heavy atom. The van der Waals surface area contributed by atoms with Gasteiger partial charge in [0.1, 0.15) is 0 Å². The molecule has 1 aromatic rings. The van der Waals surface area contributed by atoms with Gasteiger partial charge in [-0.1, -0.05) is 0 Å². The van der Waals surface area contributed by atoms with E-state index in [0.717, 1.165) is 45.1 Å². The Morgan fingerprint density at radius 2 is 2.14 bits per heavy atom. The Kier molecular flexibility index (Phi) is 9.11. The molecule has 0 unspecified atom stereocenters. The smallest absolute Gasteiger partial charge is 0.191 e. The second-order valence-electron chi connectivity index (χ2n) is 5.31. The molecule has 1 aliphatic heterocycles. The Balaban J connectivity index is 0.00000242. The average molecular weight is 455 g/mol. The molecule has 0 saturated carbocycles. The molecule has 2 rings (SSSR count). The Hall–Kier alpha value is 0.01000. The van der Waals surface area contributed by atoms with Gasteiger partial charge in [0.05, 0.1) is 6.54 Å². The first kappa shape index (κ1) is 20.1. The monoisotopic (exact) mass is 455 g/mol. The SMILES string of the molecule is CN=C(NCc1sccc1C)NCC1(SC)CCOCC1.I. The van der Waals surface area contributed by atoms with E-state index < -0.39 is 0 Å². The summed E-state index contributed by atoms with van der Waals surface area (Å²) in [5.74, 6) is 0.878. The van der Waals surface area contributed by atoms with E-state index in [-0.39, 0.29) is 28.7 Å². The summed E-state index contributed by atoms with van der Waals surface area (Å²) in [6, 6.07) is 2.16. The van der Waals surface area contributed by atoms with Gasteiger partial charge in [-0.2, -0.15) is 11.8 Å². The third kappa shape index (κ3) is 5.58. The summed E-state index contributed by atoms with van der Waals surface area (Å²) in [6.07, 6.45) is 4.39. The zero-order valence-electron chi connectivity index (χ0n) is 13.5. The molecule has 1 aromatic heterocycles. The zero-order chi connectivity index (χ0) is 15.1. The number of hydrogen-bond acceptors (Lipinski definition) is 4. The van der Waals surface area contributed by atoms with Crippen LogP contribution in [0.4, 0.5) is 0 Å². The molecule has 1 aliphatic rings.